The number of hydrogen-bond donors (Lipinski definition) is 1. The first-order valence-electron chi connectivity index (χ1n) is 8.89. The minimum atomic E-state index is -0.557. The van der Waals surface area contributed by atoms with E-state index in [2.05, 4.69) is 11.4 Å². The molecule has 0 radical (unpaired) electrons. The molecule has 26 heavy (non-hydrogen) atoms. The molecular formula is C21H26ClNO3. The molecule has 2 aromatic rings. The summed E-state index contributed by atoms with van der Waals surface area (Å²) >= 11 is 5.84. The monoisotopic (exact) mass is 375 g/mol. The summed E-state index contributed by atoms with van der Waals surface area (Å²) in [6.45, 7) is 6.35. The zero-order valence-electron chi connectivity index (χ0n) is 15.5. The molecule has 2 rings (SSSR count). The van der Waals surface area contributed by atoms with Gasteiger partial charge in [-0.25, -0.2) is 0 Å². The SMILES string of the molecule is CC(C)Oc1cccc(CCCNC(=O)[C@H](C)Oc2ccc(Cl)cc2)c1. The smallest absolute Gasteiger partial charge is 0.260 e. The number of benzene rings is 2. The molecule has 0 bridgehead atoms. The van der Waals surface area contributed by atoms with E-state index in [4.69, 9.17) is 21.1 Å². The van der Waals surface area contributed by atoms with Gasteiger partial charge in [0, 0.05) is 11.6 Å². The summed E-state index contributed by atoms with van der Waals surface area (Å²) < 4.78 is 11.3. The first-order chi connectivity index (χ1) is 12.4. The lowest BCUT2D eigenvalue weighted by atomic mass is 10.1. The number of amides is 1. The Morgan fingerprint density at radius 3 is 2.46 bits per heavy atom. The van der Waals surface area contributed by atoms with Crippen molar-refractivity contribution in [3.63, 3.8) is 0 Å². The van der Waals surface area contributed by atoms with Crippen molar-refractivity contribution in [1.29, 1.82) is 0 Å². The van der Waals surface area contributed by atoms with Crippen molar-refractivity contribution in [3.8, 4) is 11.5 Å². The first-order valence-corrected chi connectivity index (χ1v) is 9.27. The summed E-state index contributed by atoms with van der Waals surface area (Å²) in [5.74, 6) is 1.38. The van der Waals surface area contributed by atoms with Crippen molar-refractivity contribution in [2.45, 2.75) is 45.8 Å². The maximum absolute atomic E-state index is 12.1. The second-order valence-corrected chi connectivity index (χ2v) is 6.86. The van der Waals surface area contributed by atoms with Crippen LogP contribution in [0.1, 0.15) is 32.8 Å². The molecule has 0 aromatic heterocycles. The van der Waals surface area contributed by atoms with E-state index in [0.717, 1.165) is 18.6 Å². The van der Waals surface area contributed by atoms with Crippen LogP contribution in [0.3, 0.4) is 0 Å². The Bertz CT molecular complexity index is 701. The van der Waals surface area contributed by atoms with E-state index in [0.29, 0.717) is 17.3 Å². The average molecular weight is 376 g/mol. The van der Waals surface area contributed by atoms with Crippen LogP contribution in [0.15, 0.2) is 48.5 Å². The quantitative estimate of drug-likeness (QED) is 0.649. The number of carbonyl (C=O) groups is 1. The Morgan fingerprint density at radius 2 is 1.77 bits per heavy atom. The number of nitrogens with one attached hydrogen (secondary N) is 1. The van der Waals surface area contributed by atoms with Gasteiger partial charge >= 0.3 is 0 Å². The Kier molecular flexibility index (Phi) is 7.79. The van der Waals surface area contributed by atoms with Gasteiger partial charge in [-0.1, -0.05) is 23.7 Å². The summed E-state index contributed by atoms with van der Waals surface area (Å²) in [6.07, 6.45) is 1.33. The van der Waals surface area contributed by atoms with E-state index < -0.39 is 6.10 Å². The van der Waals surface area contributed by atoms with Crippen LogP contribution in [0, 0.1) is 0 Å². The zero-order valence-corrected chi connectivity index (χ0v) is 16.3. The molecule has 0 fully saturated rings. The third-order valence-corrected chi connectivity index (χ3v) is 3.96. The molecule has 1 atom stereocenters. The highest BCUT2D eigenvalue weighted by Crippen LogP contribution is 2.17. The lowest BCUT2D eigenvalue weighted by Gasteiger charge is -2.15. The summed E-state index contributed by atoms with van der Waals surface area (Å²) in [5.41, 5.74) is 1.20. The fourth-order valence-electron chi connectivity index (χ4n) is 2.47. The Morgan fingerprint density at radius 1 is 1.04 bits per heavy atom. The molecule has 0 saturated carbocycles. The Balaban J connectivity index is 1.71. The van der Waals surface area contributed by atoms with Crippen molar-refractivity contribution < 1.29 is 14.3 Å². The highest BCUT2D eigenvalue weighted by Gasteiger charge is 2.13. The molecule has 140 valence electrons. The molecule has 0 saturated heterocycles. The van der Waals surface area contributed by atoms with Gasteiger partial charge in [-0.3, -0.25) is 4.79 Å². The van der Waals surface area contributed by atoms with Crippen molar-refractivity contribution in [1.82, 2.24) is 5.32 Å². The predicted octanol–water partition coefficient (Wildman–Crippen LogP) is 4.64. The maximum Gasteiger partial charge on any atom is 0.260 e. The van der Waals surface area contributed by atoms with E-state index >= 15 is 0 Å². The Labute approximate surface area is 160 Å². The second kappa shape index (κ2) is 10.1. The molecule has 1 amide bonds. The van der Waals surface area contributed by atoms with E-state index in [-0.39, 0.29) is 12.0 Å². The average Bonchev–Trinajstić information content (AvgIpc) is 2.60. The van der Waals surface area contributed by atoms with Gasteiger partial charge in [0.15, 0.2) is 6.10 Å². The number of ether oxygens (including phenoxy) is 2. The van der Waals surface area contributed by atoms with Gasteiger partial charge in [-0.2, -0.15) is 0 Å². The van der Waals surface area contributed by atoms with Gasteiger partial charge in [-0.05, 0) is 75.6 Å². The van der Waals surface area contributed by atoms with Crippen LogP contribution in [0.5, 0.6) is 11.5 Å². The molecule has 0 aliphatic rings. The summed E-state index contributed by atoms with van der Waals surface area (Å²) in [4.78, 5) is 12.1. The van der Waals surface area contributed by atoms with Crippen molar-refractivity contribution in [3.05, 3.63) is 59.1 Å². The second-order valence-electron chi connectivity index (χ2n) is 6.42. The molecular weight excluding hydrogens is 350 g/mol. The van der Waals surface area contributed by atoms with Crippen LogP contribution >= 0.6 is 11.6 Å². The lowest BCUT2D eigenvalue weighted by Crippen LogP contribution is -2.36. The molecule has 0 spiro atoms. The zero-order chi connectivity index (χ0) is 18.9. The van der Waals surface area contributed by atoms with Crippen molar-refractivity contribution in [2.75, 3.05) is 6.54 Å². The van der Waals surface area contributed by atoms with Crippen LogP contribution in [-0.4, -0.2) is 24.7 Å². The van der Waals surface area contributed by atoms with Crippen LogP contribution in [0.2, 0.25) is 5.02 Å². The lowest BCUT2D eigenvalue weighted by molar-refractivity contribution is -0.127. The normalized spacial score (nSPS) is 11.9. The van der Waals surface area contributed by atoms with Crippen LogP contribution < -0.4 is 14.8 Å². The number of halogens is 1. The van der Waals surface area contributed by atoms with Gasteiger partial charge in [0.2, 0.25) is 0 Å². The van der Waals surface area contributed by atoms with Crippen molar-refractivity contribution >= 4 is 17.5 Å². The molecule has 4 nitrogen and oxygen atoms in total. The highest BCUT2D eigenvalue weighted by molar-refractivity contribution is 6.30. The molecule has 0 aliphatic carbocycles. The standard InChI is InChI=1S/C21H26ClNO3/c1-15(2)25-20-8-4-6-17(14-20)7-5-13-23-21(24)16(3)26-19-11-9-18(22)10-12-19/h4,6,8-12,14-16H,5,7,13H2,1-3H3,(H,23,24)/t16-/m0/s1. The Hall–Kier alpha value is -2.20. The van der Waals surface area contributed by atoms with Gasteiger partial charge < -0.3 is 14.8 Å². The van der Waals surface area contributed by atoms with Crippen LogP contribution in [-0.2, 0) is 11.2 Å². The largest absolute Gasteiger partial charge is 0.491 e. The van der Waals surface area contributed by atoms with Gasteiger partial charge in [0.1, 0.15) is 11.5 Å². The van der Waals surface area contributed by atoms with Crippen molar-refractivity contribution in [2.24, 2.45) is 0 Å². The molecule has 5 heteroatoms. The third kappa shape index (κ3) is 6.96. The molecule has 0 unspecified atom stereocenters. The minimum absolute atomic E-state index is 0.128. The molecule has 1 N–H and O–H groups in total. The van der Waals surface area contributed by atoms with Gasteiger partial charge in [0.25, 0.3) is 5.91 Å². The number of rotatable bonds is 9. The van der Waals surface area contributed by atoms with Gasteiger partial charge in [0.05, 0.1) is 6.10 Å². The number of aryl methyl sites for hydroxylation is 1. The fraction of sp³-hybridized carbons (Fsp3) is 0.381. The van der Waals surface area contributed by atoms with Crippen LogP contribution in [0.25, 0.3) is 0 Å². The predicted molar refractivity (Wildman–Crippen MR) is 105 cm³/mol. The molecule has 0 heterocycles. The van der Waals surface area contributed by atoms with E-state index in [1.165, 1.54) is 5.56 Å². The fourth-order valence-corrected chi connectivity index (χ4v) is 2.59. The maximum atomic E-state index is 12.1. The number of hydrogen-bond acceptors (Lipinski definition) is 3. The summed E-state index contributed by atoms with van der Waals surface area (Å²) in [6, 6.07) is 15.0. The van der Waals surface area contributed by atoms with E-state index in [1.54, 1.807) is 31.2 Å². The third-order valence-electron chi connectivity index (χ3n) is 3.71. The van der Waals surface area contributed by atoms with Gasteiger partial charge in [-0.15, -0.1) is 0 Å². The van der Waals surface area contributed by atoms with E-state index in [1.807, 2.05) is 32.0 Å². The molecule has 2 aromatic carbocycles. The van der Waals surface area contributed by atoms with Crippen LogP contribution in [0.4, 0.5) is 0 Å². The van der Waals surface area contributed by atoms with E-state index in [9.17, 15) is 4.79 Å². The summed E-state index contributed by atoms with van der Waals surface area (Å²) in [5, 5.41) is 3.55. The molecule has 0 aliphatic heterocycles. The summed E-state index contributed by atoms with van der Waals surface area (Å²) in [7, 11) is 0. The number of carbonyl (C=O) groups excluding carboxylic acids is 1. The minimum Gasteiger partial charge on any atom is -0.491 e. The topological polar surface area (TPSA) is 47.6 Å². The highest BCUT2D eigenvalue weighted by atomic mass is 35.5. The first kappa shape index (κ1) is 20.1.